The van der Waals surface area contributed by atoms with E-state index in [1.165, 1.54) is 0 Å². The summed E-state index contributed by atoms with van der Waals surface area (Å²) in [6.45, 7) is 0. The average Bonchev–Trinajstić information content (AvgIpc) is 2.37. The Morgan fingerprint density at radius 2 is 0.850 bits per heavy atom. The van der Waals surface area contributed by atoms with Gasteiger partial charge in [0.05, 0.1) is 0 Å². The van der Waals surface area contributed by atoms with Crippen molar-refractivity contribution in [1.82, 2.24) is 0 Å². The Hall–Kier alpha value is -0.880. The van der Waals surface area contributed by atoms with E-state index in [2.05, 4.69) is 0 Å². The van der Waals surface area contributed by atoms with Gasteiger partial charge in [0.25, 0.3) is 0 Å². The molecule has 1 aliphatic carbocycles. The van der Waals surface area contributed by atoms with Gasteiger partial charge in [0.15, 0.2) is 0 Å². The monoisotopic (exact) mass is 328 g/mol. The first-order valence-corrected chi connectivity index (χ1v) is 4.43. The number of hydrogen-bond donors (Lipinski definition) is 0. The fourth-order valence-corrected chi connectivity index (χ4v) is 2.01. The van der Waals surface area contributed by atoms with Crippen molar-refractivity contribution in [1.29, 1.82) is 0 Å². The SMILES string of the molecule is FC1(F)OC2(F)C(F)(F)C(F)(F)C(F)(F)C2(F)C1(F)F. The van der Waals surface area contributed by atoms with Gasteiger partial charge >= 0.3 is 41.3 Å². The molecule has 2 unspecified atom stereocenters. The third kappa shape index (κ3) is 0.959. The molecule has 0 spiro atoms. The molecular weight excluding hydrogens is 328 g/mol. The molecule has 0 radical (unpaired) electrons. The minimum Gasteiger partial charge on any atom is -0.269 e. The Morgan fingerprint density at radius 3 is 1.20 bits per heavy atom. The number of rotatable bonds is 0. The quantitative estimate of drug-likeness (QED) is 0.618. The van der Waals surface area contributed by atoms with Crippen LogP contribution in [0.3, 0.4) is 0 Å². The molecule has 0 aromatic rings. The molecule has 13 heteroatoms. The van der Waals surface area contributed by atoms with Crippen LogP contribution < -0.4 is 0 Å². The van der Waals surface area contributed by atoms with E-state index in [4.69, 9.17) is 0 Å². The van der Waals surface area contributed by atoms with E-state index in [0.717, 1.165) is 0 Å². The molecular formula is C7F12O. The summed E-state index contributed by atoms with van der Waals surface area (Å²) in [5.74, 6) is -34.8. The zero-order chi connectivity index (χ0) is 16.2. The second-order valence-corrected chi connectivity index (χ2v) is 4.17. The van der Waals surface area contributed by atoms with Crippen LogP contribution in [0.15, 0.2) is 0 Å². The zero-order valence-corrected chi connectivity index (χ0v) is 8.44. The third-order valence-corrected chi connectivity index (χ3v) is 3.14. The Balaban J connectivity index is 2.89. The lowest BCUT2D eigenvalue weighted by Gasteiger charge is -2.31. The standard InChI is InChI=1S/C7F12O/c8-1-2(9,10)4(13,14)5(15,16)6(1,17)20-7(18,19)3(1,11)12. The van der Waals surface area contributed by atoms with Crippen molar-refractivity contribution >= 4 is 0 Å². The summed E-state index contributed by atoms with van der Waals surface area (Å²) in [6.07, 6.45) is -6.49. The van der Waals surface area contributed by atoms with Gasteiger partial charge in [-0.05, 0) is 0 Å². The first kappa shape index (κ1) is 15.5. The molecule has 0 aromatic heterocycles. The third-order valence-electron chi connectivity index (χ3n) is 3.14. The maximum Gasteiger partial charge on any atom is 0.426 e. The molecule has 20 heavy (non-hydrogen) atoms. The molecule has 1 heterocycles. The molecule has 0 aromatic carbocycles. The van der Waals surface area contributed by atoms with E-state index in [1.807, 2.05) is 4.74 Å². The number of hydrogen-bond acceptors (Lipinski definition) is 1. The molecule has 1 nitrogen and oxygen atoms in total. The Bertz CT molecular complexity index is 468. The first-order valence-electron chi connectivity index (χ1n) is 4.43. The van der Waals surface area contributed by atoms with E-state index in [-0.39, 0.29) is 0 Å². The maximum atomic E-state index is 13.5. The molecule has 1 saturated heterocycles. The smallest absolute Gasteiger partial charge is 0.269 e. The van der Waals surface area contributed by atoms with Crippen LogP contribution in [-0.4, -0.2) is 41.3 Å². The number of halogens is 12. The van der Waals surface area contributed by atoms with Gasteiger partial charge in [-0.25, -0.2) is 8.78 Å². The summed E-state index contributed by atoms with van der Waals surface area (Å²) in [5, 5.41) is 0. The van der Waals surface area contributed by atoms with Gasteiger partial charge in [-0.3, -0.25) is 4.74 Å². The van der Waals surface area contributed by atoms with Crippen molar-refractivity contribution in [2.45, 2.75) is 41.3 Å². The van der Waals surface area contributed by atoms with Gasteiger partial charge in [0.1, 0.15) is 0 Å². The van der Waals surface area contributed by atoms with Gasteiger partial charge < -0.3 is 0 Å². The van der Waals surface area contributed by atoms with Gasteiger partial charge in [0.2, 0.25) is 0 Å². The normalized spacial score (nSPS) is 46.2. The Labute approximate surface area is 100 Å². The van der Waals surface area contributed by atoms with E-state index in [0.29, 0.717) is 0 Å². The van der Waals surface area contributed by atoms with Crippen LogP contribution in [0.25, 0.3) is 0 Å². The van der Waals surface area contributed by atoms with Crippen LogP contribution in [0, 0.1) is 0 Å². The summed E-state index contributed by atoms with van der Waals surface area (Å²) in [5.41, 5.74) is -6.97. The van der Waals surface area contributed by atoms with E-state index < -0.39 is 41.3 Å². The highest BCUT2D eigenvalue weighted by Crippen LogP contribution is 2.77. The second kappa shape index (κ2) is 2.99. The molecule has 1 aliphatic heterocycles. The molecule has 0 N–H and O–H groups in total. The lowest BCUT2D eigenvalue weighted by molar-refractivity contribution is -0.399. The summed E-state index contributed by atoms with van der Waals surface area (Å²) < 4.78 is 156. The van der Waals surface area contributed by atoms with Crippen LogP contribution in [0.1, 0.15) is 0 Å². The van der Waals surface area contributed by atoms with Crippen LogP contribution in [-0.2, 0) is 4.74 Å². The molecule has 1 saturated carbocycles. The fraction of sp³-hybridized carbons (Fsp3) is 1.00. The van der Waals surface area contributed by atoms with E-state index in [1.54, 1.807) is 0 Å². The largest absolute Gasteiger partial charge is 0.426 e. The topological polar surface area (TPSA) is 9.23 Å². The van der Waals surface area contributed by atoms with Crippen molar-refractivity contribution in [2.75, 3.05) is 0 Å². The first-order chi connectivity index (χ1) is 8.46. The van der Waals surface area contributed by atoms with E-state index in [9.17, 15) is 52.7 Å². The second-order valence-electron chi connectivity index (χ2n) is 4.17. The van der Waals surface area contributed by atoms with Gasteiger partial charge in [0, 0.05) is 0 Å². The van der Waals surface area contributed by atoms with Crippen molar-refractivity contribution in [3.05, 3.63) is 0 Å². The average molecular weight is 328 g/mol. The summed E-state index contributed by atoms with van der Waals surface area (Å²) in [7, 11) is 0. The lowest BCUT2D eigenvalue weighted by atomic mass is 9.90. The van der Waals surface area contributed by atoms with Gasteiger partial charge in [-0.1, -0.05) is 0 Å². The fourth-order valence-electron chi connectivity index (χ4n) is 2.01. The minimum atomic E-state index is -7.16. The lowest BCUT2D eigenvalue weighted by Crippen LogP contribution is -2.64. The predicted molar refractivity (Wildman–Crippen MR) is 33.5 cm³/mol. The van der Waals surface area contributed by atoms with Crippen molar-refractivity contribution < 1.29 is 57.4 Å². The highest BCUT2D eigenvalue weighted by Gasteiger charge is 3.11. The summed E-state index contributed by atoms with van der Waals surface area (Å²) in [4.78, 5) is 0. The molecule has 2 atom stereocenters. The van der Waals surface area contributed by atoms with Crippen LogP contribution in [0.5, 0.6) is 0 Å². The zero-order valence-electron chi connectivity index (χ0n) is 8.44. The number of fused-ring (bicyclic) bond motifs is 1. The summed E-state index contributed by atoms with van der Waals surface area (Å²) in [6, 6.07) is 0. The van der Waals surface area contributed by atoms with Crippen molar-refractivity contribution in [3.63, 3.8) is 0 Å². The number of alkyl halides is 12. The van der Waals surface area contributed by atoms with Crippen molar-refractivity contribution in [3.8, 4) is 0 Å². The Morgan fingerprint density at radius 1 is 0.450 bits per heavy atom. The maximum absolute atomic E-state index is 13.5. The van der Waals surface area contributed by atoms with Crippen LogP contribution in [0.4, 0.5) is 52.7 Å². The minimum absolute atomic E-state index is 2.03. The molecule has 0 bridgehead atoms. The van der Waals surface area contributed by atoms with E-state index >= 15 is 0 Å². The van der Waals surface area contributed by atoms with Crippen LogP contribution in [0.2, 0.25) is 0 Å². The van der Waals surface area contributed by atoms with Crippen molar-refractivity contribution in [2.24, 2.45) is 0 Å². The molecule has 118 valence electrons. The summed E-state index contributed by atoms with van der Waals surface area (Å²) >= 11 is 0. The van der Waals surface area contributed by atoms with Gasteiger partial charge in [-0.15, -0.1) is 0 Å². The molecule has 0 amide bonds. The highest BCUT2D eigenvalue weighted by atomic mass is 19.4. The highest BCUT2D eigenvalue weighted by molar-refractivity contribution is 5.35. The molecule has 2 aliphatic rings. The van der Waals surface area contributed by atoms with Crippen LogP contribution >= 0.6 is 0 Å². The molecule has 2 fully saturated rings. The molecule has 2 rings (SSSR count). The number of ether oxygens (including phenoxy) is 1. The Kier molecular flexibility index (Phi) is 2.32. The predicted octanol–water partition coefficient (Wildman–Crippen LogP) is 3.54. The van der Waals surface area contributed by atoms with Gasteiger partial charge in [-0.2, -0.15) is 43.9 Å².